The van der Waals surface area contributed by atoms with Crippen molar-refractivity contribution in [3.63, 3.8) is 0 Å². The molecule has 0 radical (unpaired) electrons. The summed E-state index contributed by atoms with van der Waals surface area (Å²) in [4.78, 5) is 12.1. The van der Waals surface area contributed by atoms with E-state index in [1.54, 1.807) is 7.11 Å². The molecule has 1 atom stereocenters. The van der Waals surface area contributed by atoms with Crippen LogP contribution in [0.4, 0.5) is 0 Å². The van der Waals surface area contributed by atoms with Gasteiger partial charge in [-0.05, 0) is 31.4 Å². The third kappa shape index (κ3) is 6.19. The lowest BCUT2D eigenvalue weighted by Gasteiger charge is -2.17. The molecule has 1 unspecified atom stereocenters. The number of unbranched alkanes of at least 4 members (excludes halogenated alkanes) is 3. The molecule has 118 valence electrons. The summed E-state index contributed by atoms with van der Waals surface area (Å²) in [5.74, 6) is 0.693. The van der Waals surface area contributed by atoms with Gasteiger partial charge in [-0.1, -0.05) is 50.8 Å². The SMILES string of the molecule is CCCCCCC(Cc1ccccc1OC)C(=O)OCC. The molecule has 0 saturated carbocycles. The van der Waals surface area contributed by atoms with Crippen molar-refractivity contribution in [1.82, 2.24) is 0 Å². The van der Waals surface area contributed by atoms with Crippen LogP contribution in [0.5, 0.6) is 5.75 Å². The topological polar surface area (TPSA) is 35.5 Å². The molecule has 1 aromatic rings. The molecule has 0 spiro atoms. The molecule has 3 nitrogen and oxygen atoms in total. The van der Waals surface area contributed by atoms with Crippen molar-refractivity contribution in [2.45, 2.75) is 52.4 Å². The zero-order valence-corrected chi connectivity index (χ0v) is 13.6. The van der Waals surface area contributed by atoms with Crippen LogP contribution in [0.1, 0.15) is 51.5 Å². The van der Waals surface area contributed by atoms with Crippen molar-refractivity contribution >= 4 is 5.97 Å². The van der Waals surface area contributed by atoms with Gasteiger partial charge < -0.3 is 9.47 Å². The maximum absolute atomic E-state index is 12.1. The molecule has 0 amide bonds. The van der Waals surface area contributed by atoms with Crippen molar-refractivity contribution in [3.05, 3.63) is 29.8 Å². The Labute approximate surface area is 128 Å². The number of benzene rings is 1. The second kappa shape index (κ2) is 10.3. The highest BCUT2D eigenvalue weighted by atomic mass is 16.5. The Kier molecular flexibility index (Phi) is 8.56. The van der Waals surface area contributed by atoms with Crippen molar-refractivity contribution in [2.24, 2.45) is 5.92 Å². The van der Waals surface area contributed by atoms with Crippen LogP contribution in [0.15, 0.2) is 24.3 Å². The van der Waals surface area contributed by atoms with Gasteiger partial charge in [-0.15, -0.1) is 0 Å². The summed E-state index contributed by atoms with van der Waals surface area (Å²) in [7, 11) is 1.67. The monoisotopic (exact) mass is 292 g/mol. The van der Waals surface area contributed by atoms with E-state index in [2.05, 4.69) is 6.92 Å². The van der Waals surface area contributed by atoms with E-state index in [9.17, 15) is 4.79 Å². The maximum atomic E-state index is 12.1. The molecule has 0 fully saturated rings. The van der Waals surface area contributed by atoms with Crippen LogP contribution in [0.25, 0.3) is 0 Å². The minimum atomic E-state index is -0.0834. The first-order valence-electron chi connectivity index (χ1n) is 8.01. The Morgan fingerprint density at radius 1 is 1.14 bits per heavy atom. The largest absolute Gasteiger partial charge is 0.496 e. The second-order valence-electron chi connectivity index (χ2n) is 5.31. The predicted molar refractivity (Wildman–Crippen MR) is 85.6 cm³/mol. The van der Waals surface area contributed by atoms with Crippen molar-refractivity contribution in [2.75, 3.05) is 13.7 Å². The molecule has 0 aliphatic rings. The Morgan fingerprint density at radius 3 is 2.57 bits per heavy atom. The van der Waals surface area contributed by atoms with Crippen LogP contribution in [0, 0.1) is 5.92 Å². The highest BCUT2D eigenvalue weighted by molar-refractivity contribution is 5.73. The first kappa shape index (κ1) is 17.5. The summed E-state index contributed by atoms with van der Waals surface area (Å²) in [5.41, 5.74) is 1.08. The van der Waals surface area contributed by atoms with Crippen molar-refractivity contribution in [1.29, 1.82) is 0 Å². The predicted octanol–water partition coefficient (Wildman–Crippen LogP) is 4.39. The summed E-state index contributed by atoms with van der Waals surface area (Å²) >= 11 is 0. The Morgan fingerprint density at radius 2 is 1.90 bits per heavy atom. The highest BCUT2D eigenvalue weighted by Crippen LogP contribution is 2.24. The quantitative estimate of drug-likeness (QED) is 0.474. The molecule has 0 aliphatic carbocycles. The fourth-order valence-electron chi connectivity index (χ4n) is 2.52. The van der Waals surface area contributed by atoms with E-state index in [1.165, 1.54) is 19.3 Å². The van der Waals surface area contributed by atoms with Gasteiger partial charge in [-0.3, -0.25) is 4.79 Å². The third-order valence-corrected chi connectivity index (χ3v) is 3.68. The maximum Gasteiger partial charge on any atom is 0.309 e. The lowest BCUT2D eigenvalue weighted by Crippen LogP contribution is -2.20. The number of hydrogen-bond acceptors (Lipinski definition) is 3. The molecule has 0 bridgehead atoms. The standard InChI is InChI=1S/C18H28O3/c1-4-6-7-8-12-16(18(19)21-5-2)14-15-11-9-10-13-17(15)20-3/h9-11,13,16H,4-8,12,14H2,1-3H3. The van der Waals surface area contributed by atoms with Crippen LogP contribution in [-0.2, 0) is 16.0 Å². The fourth-order valence-corrected chi connectivity index (χ4v) is 2.52. The van der Waals surface area contributed by atoms with Gasteiger partial charge in [0.2, 0.25) is 0 Å². The molecule has 0 aliphatic heterocycles. The lowest BCUT2D eigenvalue weighted by molar-refractivity contribution is -0.148. The molecule has 1 rings (SSSR count). The van der Waals surface area contributed by atoms with E-state index >= 15 is 0 Å². The number of ether oxygens (including phenoxy) is 2. The van der Waals surface area contributed by atoms with E-state index < -0.39 is 0 Å². The first-order valence-corrected chi connectivity index (χ1v) is 8.01. The number of hydrogen-bond donors (Lipinski definition) is 0. The smallest absolute Gasteiger partial charge is 0.309 e. The van der Waals surface area contributed by atoms with Crippen LogP contribution >= 0.6 is 0 Å². The van der Waals surface area contributed by atoms with Gasteiger partial charge in [0.15, 0.2) is 0 Å². The van der Waals surface area contributed by atoms with E-state index in [1.807, 2.05) is 31.2 Å². The Balaban J connectivity index is 2.68. The number of methoxy groups -OCH3 is 1. The Hall–Kier alpha value is -1.51. The summed E-state index contributed by atoms with van der Waals surface area (Å²) < 4.78 is 10.6. The van der Waals surface area contributed by atoms with Crippen LogP contribution in [0.2, 0.25) is 0 Å². The van der Waals surface area contributed by atoms with Gasteiger partial charge in [0.1, 0.15) is 5.75 Å². The summed E-state index contributed by atoms with van der Waals surface area (Å²) in [6.45, 7) is 4.49. The normalized spacial score (nSPS) is 12.0. The molecule has 0 aromatic heterocycles. The number of carbonyl (C=O) groups is 1. The van der Waals surface area contributed by atoms with Gasteiger partial charge in [0.25, 0.3) is 0 Å². The van der Waals surface area contributed by atoms with Gasteiger partial charge in [0.05, 0.1) is 19.6 Å². The van der Waals surface area contributed by atoms with Crippen LogP contribution in [0.3, 0.4) is 0 Å². The number of esters is 1. The second-order valence-corrected chi connectivity index (χ2v) is 5.31. The third-order valence-electron chi connectivity index (χ3n) is 3.68. The number of rotatable bonds is 10. The van der Waals surface area contributed by atoms with E-state index in [0.717, 1.165) is 24.2 Å². The van der Waals surface area contributed by atoms with Gasteiger partial charge in [-0.2, -0.15) is 0 Å². The molecule has 0 saturated heterocycles. The van der Waals surface area contributed by atoms with Gasteiger partial charge in [-0.25, -0.2) is 0 Å². The van der Waals surface area contributed by atoms with E-state index in [-0.39, 0.29) is 11.9 Å². The summed E-state index contributed by atoms with van der Waals surface area (Å²) in [5, 5.41) is 0. The number of carbonyl (C=O) groups excluding carboxylic acids is 1. The molecule has 0 N–H and O–H groups in total. The van der Waals surface area contributed by atoms with E-state index in [4.69, 9.17) is 9.47 Å². The highest BCUT2D eigenvalue weighted by Gasteiger charge is 2.21. The van der Waals surface area contributed by atoms with Crippen molar-refractivity contribution < 1.29 is 14.3 Å². The van der Waals surface area contributed by atoms with Crippen LogP contribution < -0.4 is 4.74 Å². The van der Waals surface area contributed by atoms with Crippen molar-refractivity contribution in [3.8, 4) is 5.75 Å². The summed E-state index contributed by atoms with van der Waals surface area (Å²) in [6.07, 6.45) is 6.26. The Bertz CT molecular complexity index is 415. The zero-order chi connectivity index (χ0) is 15.5. The molecular formula is C18H28O3. The first-order chi connectivity index (χ1) is 10.2. The molecule has 3 heteroatoms. The van der Waals surface area contributed by atoms with E-state index in [0.29, 0.717) is 13.0 Å². The fraction of sp³-hybridized carbons (Fsp3) is 0.611. The van der Waals surface area contributed by atoms with Gasteiger partial charge >= 0.3 is 5.97 Å². The minimum absolute atomic E-state index is 0.0712. The lowest BCUT2D eigenvalue weighted by atomic mass is 9.93. The molecular weight excluding hydrogens is 264 g/mol. The number of para-hydroxylation sites is 1. The molecule has 0 heterocycles. The molecule has 1 aromatic carbocycles. The van der Waals surface area contributed by atoms with Crippen LogP contribution in [-0.4, -0.2) is 19.7 Å². The molecule has 21 heavy (non-hydrogen) atoms. The minimum Gasteiger partial charge on any atom is -0.496 e. The summed E-state index contributed by atoms with van der Waals surface area (Å²) in [6, 6.07) is 7.89. The van der Waals surface area contributed by atoms with Gasteiger partial charge in [0, 0.05) is 0 Å². The average Bonchev–Trinajstić information content (AvgIpc) is 2.51. The zero-order valence-electron chi connectivity index (χ0n) is 13.6. The average molecular weight is 292 g/mol.